The van der Waals surface area contributed by atoms with Crippen molar-refractivity contribution in [3.05, 3.63) is 58.6 Å². The molecule has 0 aliphatic carbocycles. The van der Waals surface area contributed by atoms with E-state index in [2.05, 4.69) is 53.2 Å². The number of fused-ring (bicyclic) bond motifs is 1. The Morgan fingerprint density at radius 2 is 1.76 bits per heavy atom. The molecule has 1 heterocycles. The van der Waals surface area contributed by atoms with E-state index in [4.69, 9.17) is 4.42 Å². The number of aryl methyl sites for hydroxylation is 1. The molecule has 0 spiro atoms. The minimum atomic E-state index is 0.909. The van der Waals surface area contributed by atoms with E-state index < -0.39 is 0 Å². The van der Waals surface area contributed by atoms with E-state index in [0.717, 1.165) is 26.8 Å². The molecule has 0 unspecified atom stereocenters. The standard InChI is InChI=1S/C15H11BrO/c1-10-7-12-9-14(11-5-3-2-4-6-11)17-15(12)13(16)8-10/h2-9H,1H3. The van der Waals surface area contributed by atoms with Crippen LogP contribution in [0.1, 0.15) is 5.56 Å². The van der Waals surface area contributed by atoms with Crippen LogP contribution >= 0.6 is 15.9 Å². The molecule has 0 bridgehead atoms. The summed E-state index contributed by atoms with van der Waals surface area (Å²) in [6, 6.07) is 16.4. The normalized spacial score (nSPS) is 10.9. The minimum absolute atomic E-state index is 0.909. The highest BCUT2D eigenvalue weighted by atomic mass is 79.9. The number of hydrogen-bond donors (Lipinski definition) is 0. The summed E-state index contributed by atoms with van der Waals surface area (Å²) in [6.07, 6.45) is 0. The summed E-state index contributed by atoms with van der Waals surface area (Å²) in [6.45, 7) is 2.08. The predicted octanol–water partition coefficient (Wildman–Crippen LogP) is 5.17. The maximum absolute atomic E-state index is 5.89. The molecule has 0 aliphatic heterocycles. The van der Waals surface area contributed by atoms with Crippen LogP contribution in [-0.2, 0) is 0 Å². The van der Waals surface area contributed by atoms with E-state index in [9.17, 15) is 0 Å². The van der Waals surface area contributed by atoms with E-state index >= 15 is 0 Å². The molecule has 1 aromatic heterocycles. The van der Waals surface area contributed by atoms with Gasteiger partial charge in [0, 0.05) is 10.9 Å². The van der Waals surface area contributed by atoms with Crippen LogP contribution < -0.4 is 0 Å². The van der Waals surface area contributed by atoms with E-state index in [1.807, 2.05) is 18.2 Å². The molecule has 3 rings (SSSR count). The first-order valence-corrected chi connectivity index (χ1v) is 6.28. The summed E-state index contributed by atoms with van der Waals surface area (Å²) in [5.41, 5.74) is 3.24. The molecule has 0 atom stereocenters. The van der Waals surface area contributed by atoms with Crippen LogP contribution in [0.3, 0.4) is 0 Å². The second-order valence-electron chi connectivity index (χ2n) is 4.14. The zero-order valence-corrected chi connectivity index (χ0v) is 11.0. The third kappa shape index (κ3) is 1.89. The molecule has 0 radical (unpaired) electrons. The molecule has 2 aromatic carbocycles. The Labute approximate surface area is 108 Å². The molecular formula is C15H11BrO. The van der Waals surface area contributed by atoms with Crippen molar-refractivity contribution >= 4 is 26.9 Å². The number of rotatable bonds is 1. The smallest absolute Gasteiger partial charge is 0.148 e. The Kier molecular flexibility index (Phi) is 2.52. The lowest BCUT2D eigenvalue weighted by Gasteiger charge is -1.95. The van der Waals surface area contributed by atoms with Gasteiger partial charge in [-0.05, 0) is 46.6 Å². The topological polar surface area (TPSA) is 13.1 Å². The summed E-state index contributed by atoms with van der Waals surface area (Å²) >= 11 is 3.54. The first kappa shape index (κ1) is 10.6. The molecule has 0 N–H and O–H groups in total. The highest BCUT2D eigenvalue weighted by Gasteiger charge is 2.08. The van der Waals surface area contributed by atoms with Crippen molar-refractivity contribution < 1.29 is 4.42 Å². The average Bonchev–Trinajstić information content (AvgIpc) is 2.74. The highest BCUT2D eigenvalue weighted by molar-refractivity contribution is 9.10. The van der Waals surface area contributed by atoms with Crippen molar-refractivity contribution in [2.75, 3.05) is 0 Å². The van der Waals surface area contributed by atoms with E-state index in [1.165, 1.54) is 5.56 Å². The fraction of sp³-hybridized carbons (Fsp3) is 0.0667. The van der Waals surface area contributed by atoms with Gasteiger partial charge in [0.25, 0.3) is 0 Å². The zero-order valence-electron chi connectivity index (χ0n) is 9.41. The fourth-order valence-electron chi connectivity index (χ4n) is 2.00. The molecule has 0 fully saturated rings. The Bertz CT molecular complexity index is 668. The van der Waals surface area contributed by atoms with Gasteiger partial charge < -0.3 is 4.42 Å². The summed E-state index contributed by atoms with van der Waals surface area (Å²) in [7, 11) is 0. The summed E-state index contributed by atoms with van der Waals surface area (Å²) < 4.78 is 6.90. The van der Waals surface area contributed by atoms with Crippen LogP contribution in [0.5, 0.6) is 0 Å². The molecular weight excluding hydrogens is 276 g/mol. The SMILES string of the molecule is Cc1cc(Br)c2oc(-c3ccccc3)cc2c1. The van der Waals surface area contributed by atoms with E-state index in [0.29, 0.717) is 0 Å². The number of benzene rings is 2. The highest BCUT2D eigenvalue weighted by Crippen LogP contribution is 2.33. The fourth-order valence-corrected chi connectivity index (χ4v) is 2.67. The van der Waals surface area contributed by atoms with Crippen LogP contribution in [0, 0.1) is 6.92 Å². The van der Waals surface area contributed by atoms with Gasteiger partial charge in [0.1, 0.15) is 11.3 Å². The summed E-state index contributed by atoms with van der Waals surface area (Å²) in [5, 5.41) is 1.13. The van der Waals surface area contributed by atoms with Crippen LogP contribution in [0.4, 0.5) is 0 Å². The van der Waals surface area contributed by atoms with Gasteiger partial charge in [-0.25, -0.2) is 0 Å². The van der Waals surface area contributed by atoms with Gasteiger partial charge in [-0.15, -0.1) is 0 Å². The zero-order chi connectivity index (χ0) is 11.8. The molecule has 1 nitrogen and oxygen atoms in total. The van der Waals surface area contributed by atoms with Crippen LogP contribution in [0.15, 0.2) is 57.4 Å². The second-order valence-corrected chi connectivity index (χ2v) is 5.00. The van der Waals surface area contributed by atoms with Crippen LogP contribution in [-0.4, -0.2) is 0 Å². The van der Waals surface area contributed by atoms with Crippen molar-refractivity contribution in [3.8, 4) is 11.3 Å². The number of hydrogen-bond acceptors (Lipinski definition) is 1. The first-order valence-electron chi connectivity index (χ1n) is 5.49. The molecule has 0 aliphatic rings. The van der Waals surface area contributed by atoms with Crippen molar-refractivity contribution in [2.45, 2.75) is 6.92 Å². The maximum Gasteiger partial charge on any atom is 0.148 e. The van der Waals surface area contributed by atoms with Gasteiger partial charge in [-0.3, -0.25) is 0 Å². The van der Waals surface area contributed by atoms with Gasteiger partial charge in [0.05, 0.1) is 4.47 Å². The Morgan fingerprint density at radius 3 is 2.53 bits per heavy atom. The monoisotopic (exact) mass is 286 g/mol. The largest absolute Gasteiger partial charge is 0.455 e. The Hall–Kier alpha value is -1.54. The lowest BCUT2D eigenvalue weighted by molar-refractivity contribution is 0.629. The van der Waals surface area contributed by atoms with Gasteiger partial charge >= 0.3 is 0 Å². The quantitative estimate of drug-likeness (QED) is 0.601. The van der Waals surface area contributed by atoms with Crippen molar-refractivity contribution in [1.82, 2.24) is 0 Å². The molecule has 84 valence electrons. The number of furan rings is 1. The maximum atomic E-state index is 5.89. The second kappa shape index (κ2) is 4.04. The molecule has 0 saturated heterocycles. The minimum Gasteiger partial charge on any atom is -0.455 e. The van der Waals surface area contributed by atoms with Gasteiger partial charge in [0.15, 0.2) is 0 Å². The third-order valence-electron chi connectivity index (χ3n) is 2.77. The first-order chi connectivity index (χ1) is 8.24. The molecule has 0 amide bonds. The van der Waals surface area contributed by atoms with Gasteiger partial charge in [-0.1, -0.05) is 30.3 Å². The number of halogens is 1. The lowest BCUT2D eigenvalue weighted by atomic mass is 10.1. The van der Waals surface area contributed by atoms with Crippen molar-refractivity contribution in [3.63, 3.8) is 0 Å². The van der Waals surface area contributed by atoms with Crippen molar-refractivity contribution in [1.29, 1.82) is 0 Å². The van der Waals surface area contributed by atoms with Crippen LogP contribution in [0.25, 0.3) is 22.3 Å². The lowest BCUT2D eigenvalue weighted by Crippen LogP contribution is -1.72. The predicted molar refractivity (Wildman–Crippen MR) is 74.1 cm³/mol. The Balaban J connectivity index is 2.24. The Morgan fingerprint density at radius 1 is 1.00 bits per heavy atom. The summed E-state index contributed by atoms with van der Waals surface area (Å²) in [4.78, 5) is 0. The third-order valence-corrected chi connectivity index (χ3v) is 3.36. The van der Waals surface area contributed by atoms with Crippen molar-refractivity contribution in [2.24, 2.45) is 0 Å². The molecule has 17 heavy (non-hydrogen) atoms. The van der Waals surface area contributed by atoms with Crippen LogP contribution in [0.2, 0.25) is 0 Å². The average molecular weight is 287 g/mol. The molecule has 0 saturated carbocycles. The van der Waals surface area contributed by atoms with Gasteiger partial charge in [0.2, 0.25) is 0 Å². The summed E-state index contributed by atoms with van der Waals surface area (Å²) in [5.74, 6) is 0.909. The molecule has 2 heteroatoms. The molecule has 3 aromatic rings. The van der Waals surface area contributed by atoms with E-state index in [-0.39, 0.29) is 0 Å². The van der Waals surface area contributed by atoms with E-state index in [1.54, 1.807) is 0 Å². The van der Waals surface area contributed by atoms with Gasteiger partial charge in [-0.2, -0.15) is 0 Å².